The van der Waals surface area contributed by atoms with Gasteiger partial charge in [0.2, 0.25) is 5.91 Å². The summed E-state index contributed by atoms with van der Waals surface area (Å²) in [6, 6.07) is 13.2. The SMILES string of the molecule is CCOc1cccc(N(C(=O)c2ccco2)[C@@H](C(=O)NC2CCCC2)c2cccnc2)c1. The average Bonchev–Trinajstić information content (AvgIpc) is 3.52. The third-order valence-corrected chi connectivity index (χ3v) is 5.57. The molecular weight excluding hydrogens is 406 g/mol. The number of anilines is 1. The predicted molar refractivity (Wildman–Crippen MR) is 121 cm³/mol. The van der Waals surface area contributed by atoms with Crippen molar-refractivity contribution in [3.8, 4) is 5.75 Å². The molecule has 32 heavy (non-hydrogen) atoms. The summed E-state index contributed by atoms with van der Waals surface area (Å²) in [5, 5.41) is 3.15. The number of hydrogen-bond acceptors (Lipinski definition) is 5. The van der Waals surface area contributed by atoms with Gasteiger partial charge in [-0.05, 0) is 50.1 Å². The largest absolute Gasteiger partial charge is 0.494 e. The van der Waals surface area contributed by atoms with E-state index in [1.165, 1.54) is 11.2 Å². The van der Waals surface area contributed by atoms with Crippen LogP contribution in [0, 0.1) is 0 Å². The van der Waals surface area contributed by atoms with Crippen LogP contribution in [-0.4, -0.2) is 29.4 Å². The Bertz CT molecular complexity index is 1030. The fourth-order valence-electron chi connectivity index (χ4n) is 4.10. The van der Waals surface area contributed by atoms with Gasteiger partial charge in [-0.2, -0.15) is 0 Å². The van der Waals surface area contributed by atoms with E-state index in [-0.39, 0.29) is 17.7 Å². The lowest BCUT2D eigenvalue weighted by Gasteiger charge is -2.31. The zero-order chi connectivity index (χ0) is 22.3. The maximum Gasteiger partial charge on any atom is 0.294 e. The Labute approximate surface area is 187 Å². The minimum atomic E-state index is -0.918. The predicted octanol–water partition coefficient (Wildman–Crippen LogP) is 4.52. The second kappa shape index (κ2) is 10.1. The quantitative estimate of drug-likeness (QED) is 0.565. The van der Waals surface area contributed by atoms with E-state index in [0.29, 0.717) is 23.6 Å². The molecule has 1 saturated carbocycles. The summed E-state index contributed by atoms with van der Waals surface area (Å²) in [6.07, 6.45) is 8.77. The maximum absolute atomic E-state index is 13.6. The highest BCUT2D eigenvalue weighted by Gasteiger charge is 2.36. The van der Waals surface area contributed by atoms with Gasteiger partial charge in [0.25, 0.3) is 5.91 Å². The number of carbonyl (C=O) groups excluding carboxylic acids is 2. The molecule has 7 heteroatoms. The number of pyridine rings is 1. The number of hydrogen-bond donors (Lipinski definition) is 1. The summed E-state index contributed by atoms with van der Waals surface area (Å²) in [4.78, 5) is 32.9. The molecule has 166 valence electrons. The number of furan rings is 1. The first-order valence-electron chi connectivity index (χ1n) is 11.0. The molecule has 2 aromatic heterocycles. The molecule has 1 aliphatic rings. The lowest BCUT2D eigenvalue weighted by atomic mass is 10.0. The van der Waals surface area contributed by atoms with Crippen LogP contribution in [0.15, 0.2) is 71.6 Å². The van der Waals surface area contributed by atoms with Crippen LogP contribution in [0.2, 0.25) is 0 Å². The molecule has 1 aromatic carbocycles. The van der Waals surface area contributed by atoms with Crippen LogP contribution < -0.4 is 15.0 Å². The number of amides is 2. The number of benzene rings is 1. The second-order valence-corrected chi connectivity index (χ2v) is 7.76. The number of ether oxygens (including phenoxy) is 1. The Morgan fingerprint density at radius 2 is 2.03 bits per heavy atom. The van der Waals surface area contributed by atoms with Crippen molar-refractivity contribution in [3.63, 3.8) is 0 Å². The van der Waals surface area contributed by atoms with Crippen molar-refractivity contribution in [2.45, 2.75) is 44.7 Å². The van der Waals surface area contributed by atoms with Crippen LogP contribution in [-0.2, 0) is 4.79 Å². The maximum atomic E-state index is 13.6. The molecule has 0 aliphatic heterocycles. The van der Waals surface area contributed by atoms with Crippen LogP contribution >= 0.6 is 0 Å². The summed E-state index contributed by atoms with van der Waals surface area (Å²) in [5.41, 5.74) is 1.15. The van der Waals surface area contributed by atoms with Crippen molar-refractivity contribution in [2.24, 2.45) is 0 Å². The van der Waals surface area contributed by atoms with Crippen molar-refractivity contribution in [3.05, 3.63) is 78.5 Å². The molecule has 2 amide bonds. The van der Waals surface area contributed by atoms with E-state index >= 15 is 0 Å². The number of aromatic nitrogens is 1. The van der Waals surface area contributed by atoms with Crippen molar-refractivity contribution >= 4 is 17.5 Å². The highest BCUT2D eigenvalue weighted by Crippen LogP contribution is 2.32. The zero-order valence-corrected chi connectivity index (χ0v) is 18.1. The first-order chi connectivity index (χ1) is 15.7. The Kier molecular flexibility index (Phi) is 6.84. The van der Waals surface area contributed by atoms with Crippen LogP contribution in [0.5, 0.6) is 5.75 Å². The molecule has 0 radical (unpaired) electrons. The summed E-state index contributed by atoms with van der Waals surface area (Å²) in [6.45, 7) is 2.38. The summed E-state index contributed by atoms with van der Waals surface area (Å²) >= 11 is 0. The highest BCUT2D eigenvalue weighted by atomic mass is 16.5. The second-order valence-electron chi connectivity index (χ2n) is 7.76. The molecule has 1 atom stereocenters. The van der Waals surface area contributed by atoms with Gasteiger partial charge in [0.05, 0.1) is 12.9 Å². The number of carbonyl (C=O) groups is 2. The van der Waals surface area contributed by atoms with E-state index in [1.54, 1.807) is 54.9 Å². The molecule has 1 aliphatic carbocycles. The molecule has 0 spiro atoms. The number of nitrogens with zero attached hydrogens (tertiary/aromatic N) is 2. The van der Waals surface area contributed by atoms with Gasteiger partial charge in [0, 0.05) is 35.8 Å². The summed E-state index contributed by atoms with van der Waals surface area (Å²) in [7, 11) is 0. The average molecular weight is 434 g/mol. The van der Waals surface area contributed by atoms with Crippen molar-refractivity contribution in [1.82, 2.24) is 10.3 Å². The van der Waals surface area contributed by atoms with E-state index in [1.807, 2.05) is 13.0 Å². The molecule has 1 fully saturated rings. The van der Waals surface area contributed by atoms with Crippen molar-refractivity contribution < 1.29 is 18.7 Å². The standard InChI is InChI=1S/C25H27N3O4/c1-2-31-21-12-5-11-20(16-21)28(25(30)22-13-7-15-32-22)23(18-8-6-14-26-17-18)24(29)27-19-9-3-4-10-19/h5-8,11-17,19,23H,2-4,9-10H2,1H3,(H,27,29)/t23-/m1/s1. The summed E-state index contributed by atoms with van der Waals surface area (Å²) in [5.74, 6) is 0.100. The van der Waals surface area contributed by atoms with Gasteiger partial charge in [0.1, 0.15) is 11.8 Å². The van der Waals surface area contributed by atoms with Gasteiger partial charge in [-0.15, -0.1) is 0 Å². The minimum absolute atomic E-state index is 0.108. The lowest BCUT2D eigenvalue weighted by Crippen LogP contribution is -2.46. The normalized spacial score (nSPS) is 14.7. The molecule has 3 aromatic rings. The van der Waals surface area contributed by atoms with E-state index in [0.717, 1.165) is 25.7 Å². The number of rotatable bonds is 8. The van der Waals surface area contributed by atoms with E-state index in [4.69, 9.17) is 9.15 Å². The minimum Gasteiger partial charge on any atom is -0.494 e. The van der Waals surface area contributed by atoms with Gasteiger partial charge in [-0.1, -0.05) is 25.0 Å². The highest BCUT2D eigenvalue weighted by molar-refractivity contribution is 6.08. The van der Waals surface area contributed by atoms with Crippen LogP contribution in [0.4, 0.5) is 5.69 Å². The Morgan fingerprint density at radius 1 is 1.19 bits per heavy atom. The van der Waals surface area contributed by atoms with Crippen LogP contribution in [0.25, 0.3) is 0 Å². The first kappa shape index (κ1) is 21.6. The van der Waals surface area contributed by atoms with Gasteiger partial charge >= 0.3 is 0 Å². The molecular formula is C25H27N3O4. The van der Waals surface area contributed by atoms with Crippen LogP contribution in [0.1, 0.15) is 54.8 Å². The monoisotopic (exact) mass is 433 g/mol. The summed E-state index contributed by atoms with van der Waals surface area (Å²) < 4.78 is 11.1. The zero-order valence-electron chi connectivity index (χ0n) is 18.1. The van der Waals surface area contributed by atoms with Gasteiger partial charge in [-0.3, -0.25) is 19.5 Å². The lowest BCUT2D eigenvalue weighted by molar-refractivity contribution is -0.123. The molecule has 7 nitrogen and oxygen atoms in total. The molecule has 0 unspecified atom stereocenters. The van der Waals surface area contributed by atoms with Gasteiger partial charge in [0.15, 0.2) is 5.76 Å². The smallest absolute Gasteiger partial charge is 0.294 e. The fraction of sp³-hybridized carbons (Fsp3) is 0.320. The van der Waals surface area contributed by atoms with Crippen LogP contribution in [0.3, 0.4) is 0 Å². The van der Waals surface area contributed by atoms with E-state index in [2.05, 4.69) is 10.3 Å². The third kappa shape index (κ3) is 4.82. The van der Waals surface area contributed by atoms with Gasteiger partial charge < -0.3 is 14.5 Å². The van der Waals surface area contributed by atoms with E-state index in [9.17, 15) is 9.59 Å². The molecule has 4 rings (SSSR count). The molecule has 1 N–H and O–H groups in total. The number of nitrogens with one attached hydrogen (secondary N) is 1. The molecule has 2 heterocycles. The van der Waals surface area contributed by atoms with Crippen molar-refractivity contribution in [2.75, 3.05) is 11.5 Å². The Morgan fingerprint density at radius 3 is 2.72 bits per heavy atom. The topological polar surface area (TPSA) is 84.7 Å². The Balaban J connectivity index is 1.79. The third-order valence-electron chi connectivity index (χ3n) is 5.57. The molecule has 0 saturated heterocycles. The molecule has 0 bridgehead atoms. The van der Waals surface area contributed by atoms with Crippen molar-refractivity contribution in [1.29, 1.82) is 0 Å². The Hall–Kier alpha value is -3.61. The first-order valence-corrected chi connectivity index (χ1v) is 11.0. The van der Waals surface area contributed by atoms with E-state index < -0.39 is 11.9 Å². The fourth-order valence-corrected chi connectivity index (χ4v) is 4.10. The van der Waals surface area contributed by atoms with Gasteiger partial charge in [-0.25, -0.2) is 0 Å².